The number of ether oxygens (including phenoxy) is 1. The molecule has 1 heterocycles. The fourth-order valence-electron chi connectivity index (χ4n) is 1.64. The summed E-state index contributed by atoms with van der Waals surface area (Å²) in [5, 5.41) is 0. The van der Waals surface area contributed by atoms with Crippen LogP contribution in [0.4, 0.5) is 0 Å². The summed E-state index contributed by atoms with van der Waals surface area (Å²) in [5.74, 6) is 1.75. The van der Waals surface area contributed by atoms with Crippen molar-refractivity contribution in [3.63, 3.8) is 0 Å². The Labute approximate surface area is 63.8 Å². The molecular weight excluding hydrogens is 124 g/mol. The van der Waals surface area contributed by atoms with Gasteiger partial charge in [-0.05, 0) is 31.6 Å². The second-order valence-electron chi connectivity index (χ2n) is 3.71. The fourth-order valence-corrected chi connectivity index (χ4v) is 1.64. The van der Waals surface area contributed by atoms with Crippen molar-refractivity contribution in [1.29, 1.82) is 0 Å². The van der Waals surface area contributed by atoms with E-state index in [0.29, 0.717) is 6.10 Å². The van der Waals surface area contributed by atoms with E-state index < -0.39 is 0 Å². The molecule has 0 amide bonds. The summed E-state index contributed by atoms with van der Waals surface area (Å²) in [5.41, 5.74) is 0. The molecule has 10 heavy (non-hydrogen) atoms. The first-order chi connectivity index (χ1) is 4.70. The Kier molecular flexibility index (Phi) is 2.72. The van der Waals surface area contributed by atoms with Crippen LogP contribution in [-0.2, 0) is 4.74 Å². The van der Waals surface area contributed by atoms with Crippen LogP contribution in [-0.4, -0.2) is 12.7 Å². The largest absolute Gasteiger partial charge is 0.378 e. The molecule has 60 valence electrons. The van der Waals surface area contributed by atoms with Gasteiger partial charge in [0.25, 0.3) is 0 Å². The van der Waals surface area contributed by atoms with Crippen molar-refractivity contribution in [2.45, 2.75) is 39.7 Å². The summed E-state index contributed by atoms with van der Waals surface area (Å²) in [6.45, 7) is 7.77. The van der Waals surface area contributed by atoms with Crippen molar-refractivity contribution in [2.75, 3.05) is 6.61 Å². The van der Waals surface area contributed by atoms with Gasteiger partial charge in [0.15, 0.2) is 0 Å². The standard InChI is InChI=1S/C9H18O/c1-7(2)9-4-5-10-8(3)6-9/h7-9H,4-6H2,1-3H3/t8-,9-/m1/s1. The zero-order valence-corrected chi connectivity index (χ0v) is 7.26. The van der Waals surface area contributed by atoms with Crippen LogP contribution in [0, 0.1) is 11.8 Å². The van der Waals surface area contributed by atoms with Crippen LogP contribution in [0.1, 0.15) is 33.6 Å². The third-order valence-electron chi connectivity index (χ3n) is 2.47. The Bertz CT molecular complexity index is 98.9. The zero-order chi connectivity index (χ0) is 7.56. The molecule has 0 unspecified atom stereocenters. The Morgan fingerprint density at radius 2 is 2.10 bits per heavy atom. The quantitative estimate of drug-likeness (QED) is 0.546. The number of hydrogen-bond acceptors (Lipinski definition) is 1. The molecule has 1 saturated heterocycles. The van der Waals surface area contributed by atoms with Crippen LogP contribution in [0.2, 0.25) is 0 Å². The molecule has 1 nitrogen and oxygen atoms in total. The summed E-state index contributed by atoms with van der Waals surface area (Å²) in [4.78, 5) is 0. The minimum absolute atomic E-state index is 0.501. The molecule has 0 aromatic rings. The van der Waals surface area contributed by atoms with Crippen LogP contribution in [0.25, 0.3) is 0 Å². The summed E-state index contributed by atoms with van der Waals surface area (Å²) < 4.78 is 5.46. The van der Waals surface area contributed by atoms with Crippen molar-refractivity contribution in [3.05, 3.63) is 0 Å². The van der Waals surface area contributed by atoms with Gasteiger partial charge >= 0.3 is 0 Å². The van der Waals surface area contributed by atoms with Gasteiger partial charge in [-0.15, -0.1) is 0 Å². The smallest absolute Gasteiger partial charge is 0.0549 e. The zero-order valence-electron chi connectivity index (χ0n) is 7.26. The van der Waals surface area contributed by atoms with Gasteiger partial charge in [-0.1, -0.05) is 13.8 Å². The van der Waals surface area contributed by atoms with Gasteiger partial charge in [-0.25, -0.2) is 0 Å². The second kappa shape index (κ2) is 3.38. The maximum Gasteiger partial charge on any atom is 0.0549 e. The number of rotatable bonds is 1. The molecule has 0 aromatic carbocycles. The maximum absolute atomic E-state index is 5.46. The van der Waals surface area contributed by atoms with E-state index >= 15 is 0 Å². The van der Waals surface area contributed by atoms with Gasteiger partial charge in [0.05, 0.1) is 6.10 Å². The highest BCUT2D eigenvalue weighted by Crippen LogP contribution is 2.26. The Hall–Kier alpha value is -0.0400. The predicted octanol–water partition coefficient (Wildman–Crippen LogP) is 2.46. The Morgan fingerprint density at radius 1 is 1.40 bits per heavy atom. The maximum atomic E-state index is 5.46. The highest BCUT2D eigenvalue weighted by molar-refractivity contribution is 4.70. The second-order valence-corrected chi connectivity index (χ2v) is 3.71. The summed E-state index contributed by atoms with van der Waals surface area (Å²) >= 11 is 0. The SMILES string of the molecule is CC(C)[C@@H]1CCO[C@H](C)C1. The molecule has 0 N–H and O–H groups in total. The molecule has 0 bridgehead atoms. The fraction of sp³-hybridized carbons (Fsp3) is 1.00. The normalized spacial score (nSPS) is 34.8. The molecule has 0 aromatic heterocycles. The molecule has 1 rings (SSSR count). The van der Waals surface area contributed by atoms with E-state index in [0.717, 1.165) is 18.4 Å². The Morgan fingerprint density at radius 3 is 2.50 bits per heavy atom. The lowest BCUT2D eigenvalue weighted by Crippen LogP contribution is -2.25. The highest BCUT2D eigenvalue weighted by atomic mass is 16.5. The van der Waals surface area contributed by atoms with Crippen LogP contribution in [0.3, 0.4) is 0 Å². The van der Waals surface area contributed by atoms with Crippen LogP contribution in [0.5, 0.6) is 0 Å². The van der Waals surface area contributed by atoms with Crippen LogP contribution >= 0.6 is 0 Å². The van der Waals surface area contributed by atoms with Gasteiger partial charge in [-0.2, -0.15) is 0 Å². The van der Waals surface area contributed by atoms with Crippen molar-refractivity contribution >= 4 is 0 Å². The van der Waals surface area contributed by atoms with Gasteiger partial charge in [0.1, 0.15) is 0 Å². The predicted molar refractivity (Wildman–Crippen MR) is 43.0 cm³/mol. The van der Waals surface area contributed by atoms with E-state index in [-0.39, 0.29) is 0 Å². The van der Waals surface area contributed by atoms with Crippen molar-refractivity contribution in [3.8, 4) is 0 Å². The Balaban J connectivity index is 2.32. The topological polar surface area (TPSA) is 9.23 Å². The summed E-state index contributed by atoms with van der Waals surface area (Å²) in [6.07, 6.45) is 3.03. The van der Waals surface area contributed by atoms with Crippen LogP contribution < -0.4 is 0 Å². The molecule has 0 aliphatic carbocycles. The molecule has 0 spiro atoms. The van der Waals surface area contributed by atoms with E-state index in [2.05, 4.69) is 20.8 Å². The molecule has 1 heteroatoms. The lowest BCUT2D eigenvalue weighted by atomic mass is 9.86. The molecular formula is C9H18O. The van der Waals surface area contributed by atoms with Gasteiger partial charge < -0.3 is 4.74 Å². The molecule has 0 saturated carbocycles. The summed E-state index contributed by atoms with van der Waals surface area (Å²) in [7, 11) is 0. The number of hydrogen-bond donors (Lipinski definition) is 0. The average Bonchev–Trinajstić information content (AvgIpc) is 1.88. The lowest BCUT2D eigenvalue weighted by Gasteiger charge is -2.29. The average molecular weight is 142 g/mol. The van der Waals surface area contributed by atoms with E-state index in [1.54, 1.807) is 0 Å². The van der Waals surface area contributed by atoms with E-state index in [1.165, 1.54) is 12.8 Å². The third kappa shape index (κ3) is 1.98. The first-order valence-corrected chi connectivity index (χ1v) is 4.31. The third-order valence-corrected chi connectivity index (χ3v) is 2.47. The van der Waals surface area contributed by atoms with Crippen LogP contribution in [0.15, 0.2) is 0 Å². The summed E-state index contributed by atoms with van der Waals surface area (Å²) in [6, 6.07) is 0. The van der Waals surface area contributed by atoms with E-state index in [4.69, 9.17) is 4.74 Å². The molecule has 0 radical (unpaired) electrons. The van der Waals surface area contributed by atoms with Crippen molar-refractivity contribution in [2.24, 2.45) is 11.8 Å². The molecule has 1 aliphatic heterocycles. The van der Waals surface area contributed by atoms with E-state index in [1.807, 2.05) is 0 Å². The van der Waals surface area contributed by atoms with Crippen molar-refractivity contribution < 1.29 is 4.74 Å². The lowest BCUT2D eigenvalue weighted by molar-refractivity contribution is -0.00795. The van der Waals surface area contributed by atoms with E-state index in [9.17, 15) is 0 Å². The monoisotopic (exact) mass is 142 g/mol. The first kappa shape index (κ1) is 8.06. The minimum atomic E-state index is 0.501. The first-order valence-electron chi connectivity index (χ1n) is 4.31. The van der Waals surface area contributed by atoms with Gasteiger partial charge in [-0.3, -0.25) is 0 Å². The molecule has 1 fully saturated rings. The van der Waals surface area contributed by atoms with Crippen molar-refractivity contribution in [1.82, 2.24) is 0 Å². The van der Waals surface area contributed by atoms with Gasteiger partial charge in [0, 0.05) is 6.61 Å². The molecule has 1 aliphatic rings. The van der Waals surface area contributed by atoms with Gasteiger partial charge in [0.2, 0.25) is 0 Å². The minimum Gasteiger partial charge on any atom is -0.378 e. The highest BCUT2D eigenvalue weighted by Gasteiger charge is 2.21. The molecule has 2 atom stereocenters.